The number of piperidine rings is 1. The number of hydrogen-bond donors (Lipinski definition) is 2. The van der Waals surface area contributed by atoms with Gasteiger partial charge in [-0.2, -0.15) is 0 Å². The van der Waals surface area contributed by atoms with Gasteiger partial charge < -0.3 is 15.7 Å². The van der Waals surface area contributed by atoms with Crippen LogP contribution in [0, 0.1) is 11.8 Å². The molecule has 1 heterocycles. The normalized spacial score (nSPS) is 17.8. The second kappa shape index (κ2) is 6.71. The largest absolute Gasteiger partial charge is 0.389 e. The van der Waals surface area contributed by atoms with Gasteiger partial charge in [-0.1, -0.05) is 44.2 Å². The van der Waals surface area contributed by atoms with Crippen molar-refractivity contribution in [1.82, 2.24) is 4.90 Å². The van der Waals surface area contributed by atoms with Crippen molar-refractivity contribution in [1.29, 1.82) is 0 Å². The van der Waals surface area contributed by atoms with Crippen molar-refractivity contribution in [3.63, 3.8) is 0 Å². The molecule has 1 aliphatic heterocycles. The molecule has 0 bridgehead atoms. The minimum atomic E-state index is -0.963. The number of likely N-dealkylation sites (tertiary alicyclic amines) is 1. The Balaban J connectivity index is 1.90. The molecule has 1 aromatic carbocycles. The average Bonchev–Trinajstić information content (AvgIpc) is 2.48. The molecule has 0 spiro atoms. The predicted octanol–water partition coefficient (Wildman–Crippen LogP) is 1.30. The molecule has 1 fully saturated rings. The monoisotopic (exact) mass is 317 g/mol. The Morgan fingerprint density at radius 2 is 1.83 bits per heavy atom. The fourth-order valence-electron chi connectivity index (χ4n) is 2.77. The molecule has 0 aliphatic carbocycles. The van der Waals surface area contributed by atoms with Crippen molar-refractivity contribution in [3.8, 4) is 0 Å². The van der Waals surface area contributed by atoms with Crippen LogP contribution in [0.15, 0.2) is 30.3 Å². The Hall–Kier alpha value is -1.88. The summed E-state index contributed by atoms with van der Waals surface area (Å²) in [6.07, 6.45) is 3.01. The van der Waals surface area contributed by atoms with Gasteiger partial charge in [-0.15, -0.1) is 0 Å². The number of amides is 2. The number of aliphatic hydroxyl groups is 1. The summed E-state index contributed by atoms with van der Waals surface area (Å²) in [6.45, 7) is 4.22. The topological polar surface area (TPSA) is 83.6 Å². The molecule has 2 amide bonds. The van der Waals surface area contributed by atoms with Crippen molar-refractivity contribution in [2.45, 2.75) is 38.7 Å². The number of hydrogen-bond acceptors (Lipinski definition) is 3. The highest BCUT2D eigenvalue weighted by atomic mass is 16.3. The molecule has 3 N–H and O–H groups in total. The molecule has 5 heteroatoms. The van der Waals surface area contributed by atoms with Crippen molar-refractivity contribution in [2.75, 3.05) is 13.1 Å². The highest BCUT2D eigenvalue weighted by Gasteiger charge is 2.36. The van der Waals surface area contributed by atoms with E-state index in [1.807, 2.05) is 30.3 Å². The first-order chi connectivity index (χ1) is 10.7. The van der Waals surface area contributed by atoms with Gasteiger partial charge in [0.25, 0.3) is 0 Å². The Kier molecular flexibility index (Phi) is 5.09. The standard InChI is InChI=1S/C18H25N2O3/c1-17(2,16(19)22)13-15(21)20-10-8-18(23,9-11-20)12-14-6-4-3-5-7-14/h3-7,13,23H,8-12H2,1-2H3,(H2,19,22). The maximum atomic E-state index is 12.3. The van der Waals surface area contributed by atoms with Crippen LogP contribution in [-0.2, 0) is 16.0 Å². The van der Waals surface area contributed by atoms with E-state index in [0.717, 1.165) is 5.56 Å². The molecule has 0 saturated carbocycles. The van der Waals surface area contributed by atoms with Crippen LogP contribution in [-0.4, -0.2) is 40.5 Å². The van der Waals surface area contributed by atoms with Gasteiger partial charge in [-0.3, -0.25) is 9.59 Å². The molecule has 0 unspecified atom stereocenters. The summed E-state index contributed by atoms with van der Waals surface area (Å²) in [7, 11) is 0. The fraction of sp³-hybridized carbons (Fsp3) is 0.500. The summed E-state index contributed by atoms with van der Waals surface area (Å²) in [6, 6.07) is 9.86. The molecule has 1 aromatic rings. The van der Waals surface area contributed by atoms with Crippen LogP contribution in [0.3, 0.4) is 0 Å². The quantitative estimate of drug-likeness (QED) is 0.858. The van der Waals surface area contributed by atoms with Gasteiger partial charge in [0.1, 0.15) is 0 Å². The summed E-state index contributed by atoms with van der Waals surface area (Å²) in [5, 5.41) is 10.7. The molecule has 0 atom stereocenters. The zero-order chi connectivity index (χ0) is 17.1. The number of carbonyl (C=O) groups excluding carboxylic acids is 2. The van der Waals surface area contributed by atoms with Crippen LogP contribution in [0.25, 0.3) is 0 Å². The highest BCUT2D eigenvalue weighted by Crippen LogP contribution is 2.28. The van der Waals surface area contributed by atoms with Gasteiger partial charge >= 0.3 is 0 Å². The van der Waals surface area contributed by atoms with Crippen molar-refractivity contribution >= 4 is 11.8 Å². The molecule has 0 aromatic heterocycles. The highest BCUT2D eigenvalue weighted by molar-refractivity contribution is 5.94. The molecule has 2 rings (SSSR count). The van der Waals surface area contributed by atoms with E-state index in [4.69, 9.17) is 5.73 Å². The Bertz CT molecular complexity index is 561. The number of carbonyl (C=O) groups is 2. The van der Waals surface area contributed by atoms with E-state index in [1.54, 1.807) is 18.7 Å². The molecular formula is C18H25N2O3. The lowest BCUT2D eigenvalue weighted by Crippen LogP contribution is -2.49. The molecule has 5 nitrogen and oxygen atoms in total. The van der Waals surface area contributed by atoms with Gasteiger partial charge in [0.2, 0.25) is 11.8 Å². The smallest absolute Gasteiger partial charge is 0.227 e. The first kappa shape index (κ1) is 17.5. The first-order valence-corrected chi connectivity index (χ1v) is 7.93. The average molecular weight is 317 g/mol. The van der Waals surface area contributed by atoms with E-state index < -0.39 is 16.9 Å². The number of nitrogens with zero attached hydrogens (tertiary/aromatic N) is 1. The minimum absolute atomic E-state index is 0.199. The maximum Gasteiger partial charge on any atom is 0.227 e. The summed E-state index contributed by atoms with van der Waals surface area (Å²) in [4.78, 5) is 25.3. The molecule has 125 valence electrons. The number of primary amides is 1. The zero-order valence-electron chi connectivity index (χ0n) is 13.8. The first-order valence-electron chi connectivity index (χ1n) is 7.93. The lowest BCUT2D eigenvalue weighted by atomic mass is 9.84. The summed E-state index contributed by atoms with van der Waals surface area (Å²) in [5.41, 5.74) is 4.65. The van der Waals surface area contributed by atoms with E-state index in [0.29, 0.717) is 32.4 Å². The van der Waals surface area contributed by atoms with Gasteiger partial charge in [0, 0.05) is 19.5 Å². The fourth-order valence-corrected chi connectivity index (χ4v) is 2.77. The predicted molar refractivity (Wildman–Crippen MR) is 88.2 cm³/mol. The second-order valence-electron chi connectivity index (χ2n) is 6.94. The molecule has 1 aliphatic rings. The number of rotatable bonds is 5. The third-order valence-corrected chi connectivity index (χ3v) is 4.50. The van der Waals surface area contributed by atoms with Gasteiger partial charge in [-0.25, -0.2) is 0 Å². The molecule has 1 radical (unpaired) electrons. The Labute approximate surface area is 137 Å². The zero-order valence-corrected chi connectivity index (χ0v) is 13.8. The molecule has 1 saturated heterocycles. The maximum absolute atomic E-state index is 12.3. The Morgan fingerprint density at radius 3 is 2.35 bits per heavy atom. The van der Waals surface area contributed by atoms with E-state index >= 15 is 0 Å². The third kappa shape index (κ3) is 4.55. The number of benzene rings is 1. The summed E-state index contributed by atoms with van der Waals surface area (Å²) >= 11 is 0. The molecular weight excluding hydrogens is 292 g/mol. The Morgan fingerprint density at radius 1 is 1.26 bits per heavy atom. The van der Waals surface area contributed by atoms with Crippen LogP contribution in [0.4, 0.5) is 0 Å². The van der Waals surface area contributed by atoms with Crippen LogP contribution < -0.4 is 5.73 Å². The third-order valence-electron chi connectivity index (χ3n) is 4.50. The van der Waals surface area contributed by atoms with E-state index in [9.17, 15) is 14.7 Å². The lowest BCUT2D eigenvalue weighted by Gasteiger charge is -2.39. The van der Waals surface area contributed by atoms with E-state index in [1.165, 1.54) is 6.42 Å². The van der Waals surface area contributed by atoms with Crippen LogP contribution in [0.2, 0.25) is 0 Å². The lowest BCUT2D eigenvalue weighted by molar-refractivity contribution is -0.136. The minimum Gasteiger partial charge on any atom is -0.389 e. The van der Waals surface area contributed by atoms with Crippen molar-refractivity contribution < 1.29 is 14.7 Å². The summed E-state index contributed by atoms with van der Waals surface area (Å²) in [5.74, 6) is -0.723. The summed E-state index contributed by atoms with van der Waals surface area (Å²) < 4.78 is 0. The van der Waals surface area contributed by atoms with Crippen LogP contribution >= 0.6 is 0 Å². The van der Waals surface area contributed by atoms with Crippen LogP contribution in [0.5, 0.6) is 0 Å². The van der Waals surface area contributed by atoms with E-state index in [-0.39, 0.29) is 5.91 Å². The van der Waals surface area contributed by atoms with Gasteiger partial charge in [-0.05, 0) is 18.4 Å². The van der Waals surface area contributed by atoms with Gasteiger partial charge in [0.15, 0.2) is 0 Å². The van der Waals surface area contributed by atoms with Crippen molar-refractivity contribution in [3.05, 3.63) is 42.3 Å². The second-order valence-corrected chi connectivity index (χ2v) is 6.94. The molecule has 23 heavy (non-hydrogen) atoms. The van der Waals surface area contributed by atoms with Gasteiger partial charge in [0.05, 0.1) is 17.4 Å². The van der Waals surface area contributed by atoms with E-state index in [2.05, 4.69) is 0 Å². The number of nitrogens with two attached hydrogens (primary N) is 1. The van der Waals surface area contributed by atoms with Crippen molar-refractivity contribution in [2.24, 2.45) is 11.1 Å². The SMILES string of the molecule is CC(C)([CH]C(=O)N1CCC(O)(Cc2ccccc2)CC1)C(N)=O. The van der Waals surface area contributed by atoms with Crippen LogP contribution in [0.1, 0.15) is 32.3 Å².